The van der Waals surface area contributed by atoms with Crippen molar-refractivity contribution in [1.82, 2.24) is 14.9 Å². The number of anilines is 1. The van der Waals surface area contributed by atoms with Gasteiger partial charge in [-0.1, -0.05) is 0 Å². The Labute approximate surface area is 123 Å². The lowest BCUT2D eigenvalue weighted by Crippen LogP contribution is -2.51. The highest BCUT2D eigenvalue weighted by molar-refractivity contribution is 6.28. The lowest BCUT2D eigenvalue weighted by molar-refractivity contribution is -0.141. The number of hydrogen-bond donors (Lipinski definition) is 0. The van der Waals surface area contributed by atoms with Gasteiger partial charge in [-0.25, -0.2) is 9.97 Å². The molecule has 0 aliphatic carbocycles. The predicted molar refractivity (Wildman–Crippen MR) is 69.0 cm³/mol. The summed E-state index contributed by atoms with van der Waals surface area (Å²) in [5, 5.41) is -0.426. The Morgan fingerprint density at radius 3 is 2.76 bits per heavy atom. The van der Waals surface area contributed by atoms with Crippen molar-refractivity contribution >= 4 is 23.3 Å². The standard InChI is InChI=1S/C12H12ClF3N4O/c13-11-17-8(12(14,15)16)5-9(18-11)19-3-4-20-7(6-19)1-2-10(20)21/h5,7H,1-4,6H2. The Balaban J connectivity index is 1.84. The second kappa shape index (κ2) is 5.01. The van der Waals surface area contributed by atoms with E-state index < -0.39 is 17.2 Å². The van der Waals surface area contributed by atoms with Crippen molar-refractivity contribution in [2.24, 2.45) is 0 Å². The van der Waals surface area contributed by atoms with Crippen LogP contribution in [0.25, 0.3) is 0 Å². The molecule has 2 aliphatic rings. The first-order valence-corrected chi connectivity index (χ1v) is 6.88. The molecule has 5 nitrogen and oxygen atoms in total. The summed E-state index contributed by atoms with van der Waals surface area (Å²) >= 11 is 5.60. The van der Waals surface area contributed by atoms with Crippen LogP contribution in [0.5, 0.6) is 0 Å². The maximum absolute atomic E-state index is 12.8. The third-order valence-corrected chi connectivity index (χ3v) is 3.96. The van der Waals surface area contributed by atoms with Crippen LogP contribution >= 0.6 is 11.6 Å². The molecule has 1 amide bonds. The molecule has 2 fully saturated rings. The van der Waals surface area contributed by atoms with E-state index >= 15 is 0 Å². The summed E-state index contributed by atoms with van der Waals surface area (Å²) in [5.74, 6) is 0.262. The number of halogens is 4. The summed E-state index contributed by atoms with van der Waals surface area (Å²) in [6, 6.07) is 0.938. The molecule has 9 heteroatoms. The number of aromatic nitrogens is 2. The zero-order valence-corrected chi connectivity index (χ0v) is 11.7. The number of carbonyl (C=O) groups excluding carboxylic acids is 1. The molecule has 2 saturated heterocycles. The predicted octanol–water partition coefficient (Wildman–Crippen LogP) is 1.96. The molecule has 0 N–H and O–H groups in total. The average Bonchev–Trinajstić information content (AvgIpc) is 2.78. The summed E-state index contributed by atoms with van der Waals surface area (Å²) < 4.78 is 38.3. The smallest absolute Gasteiger partial charge is 0.353 e. The van der Waals surface area contributed by atoms with Gasteiger partial charge in [0.25, 0.3) is 0 Å². The molecular formula is C12H12ClF3N4O. The summed E-state index contributed by atoms with van der Waals surface area (Å²) in [7, 11) is 0. The van der Waals surface area contributed by atoms with E-state index in [1.165, 1.54) is 0 Å². The van der Waals surface area contributed by atoms with Gasteiger partial charge in [0.1, 0.15) is 5.82 Å². The van der Waals surface area contributed by atoms with E-state index in [1.54, 1.807) is 9.80 Å². The molecule has 2 aliphatic heterocycles. The number of fused-ring (bicyclic) bond motifs is 1. The van der Waals surface area contributed by atoms with E-state index in [0.717, 1.165) is 12.5 Å². The number of alkyl halides is 3. The number of piperazine rings is 1. The van der Waals surface area contributed by atoms with E-state index in [2.05, 4.69) is 9.97 Å². The third-order valence-electron chi connectivity index (χ3n) is 3.79. The zero-order valence-electron chi connectivity index (χ0n) is 10.9. The summed E-state index contributed by atoms with van der Waals surface area (Å²) in [4.78, 5) is 22.2. The molecule has 1 aromatic rings. The van der Waals surface area contributed by atoms with Crippen LogP contribution in [0.2, 0.25) is 5.28 Å². The summed E-state index contributed by atoms with van der Waals surface area (Å²) in [6.07, 6.45) is -3.34. The number of hydrogen-bond acceptors (Lipinski definition) is 4. The van der Waals surface area contributed by atoms with Gasteiger partial charge in [0.15, 0.2) is 5.69 Å². The minimum Gasteiger partial charge on any atom is -0.353 e. The largest absolute Gasteiger partial charge is 0.433 e. The normalized spacial score (nSPS) is 22.7. The van der Waals surface area contributed by atoms with Gasteiger partial charge in [0.05, 0.1) is 0 Å². The number of amides is 1. The molecule has 114 valence electrons. The molecule has 21 heavy (non-hydrogen) atoms. The summed E-state index contributed by atoms with van der Waals surface area (Å²) in [5.41, 5.74) is -1.05. The SMILES string of the molecule is O=C1CCC2CN(c3cc(C(F)(F)F)nc(Cl)n3)CCN12. The quantitative estimate of drug-likeness (QED) is 0.742. The Kier molecular flexibility index (Phi) is 3.43. The number of rotatable bonds is 1. The van der Waals surface area contributed by atoms with Gasteiger partial charge >= 0.3 is 6.18 Å². The Hall–Kier alpha value is -1.57. The van der Waals surface area contributed by atoms with Gasteiger partial charge in [-0.3, -0.25) is 4.79 Å². The van der Waals surface area contributed by atoms with Gasteiger partial charge in [-0.15, -0.1) is 0 Å². The molecule has 0 aromatic carbocycles. The van der Waals surface area contributed by atoms with Crippen molar-refractivity contribution in [1.29, 1.82) is 0 Å². The van der Waals surface area contributed by atoms with Crippen LogP contribution < -0.4 is 4.90 Å². The van der Waals surface area contributed by atoms with Gasteiger partial charge in [-0.05, 0) is 18.0 Å². The molecule has 0 radical (unpaired) electrons. The van der Waals surface area contributed by atoms with Crippen LogP contribution in [-0.2, 0) is 11.0 Å². The molecule has 3 rings (SSSR count). The molecule has 1 atom stereocenters. The van der Waals surface area contributed by atoms with Crippen molar-refractivity contribution in [3.8, 4) is 0 Å². The summed E-state index contributed by atoms with van der Waals surface area (Å²) in [6.45, 7) is 1.40. The fourth-order valence-corrected chi connectivity index (χ4v) is 2.96. The highest BCUT2D eigenvalue weighted by Crippen LogP contribution is 2.32. The van der Waals surface area contributed by atoms with Gasteiger partial charge < -0.3 is 9.80 Å². The minimum atomic E-state index is -4.56. The first kappa shape index (κ1) is 14.4. The van der Waals surface area contributed by atoms with E-state index in [4.69, 9.17) is 11.6 Å². The van der Waals surface area contributed by atoms with Crippen LogP contribution in [0.3, 0.4) is 0 Å². The van der Waals surface area contributed by atoms with E-state index in [1.807, 2.05) is 0 Å². The third kappa shape index (κ3) is 2.76. The van der Waals surface area contributed by atoms with Crippen LogP contribution in [0.1, 0.15) is 18.5 Å². The lowest BCUT2D eigenvalue weighted by atomic mass is 10.1. The van der Waals surface area contributed by atoms with Gasteiger partial charge in [0, 0.05) is 38.2 Å². The maximum atomic E-state index is 12.8. The monoisotopic (exact) mass is 320 g/mol. The van der Waals surface area contributed by atoms with E-state index in [0.29, 0.717) is 26.1 Å². The molecule has 0 bridgehead atoms. The van der Waals surface area contributed by atoms with Crippen molar-refractivity contribution in [3.05, 3.63) is 17.0 Å². The fraction of sp³-hybridized carbons (Fsp3) is 0.583. The Morgan fingerprint density at radius 2 is 2.05 bits per heavy atom. The second-order valence-corrected chi connectivity index (χ2v) is 5.44. The first-order valence-electron chi connectivity index (χ1n) is 6.51. The average molecular weight is 321 g/mol. The van der Waals surface area contributed by atoms with Crippen LogP contribution in [-0.4, -0.2) is 46.5 Å². The fourth-order valence-electron chi connectivity index (χ4n) is 2.79. The Bertz CT molecular complexity index is 580. The minimum absolute atomic E-state index is 0.0364. The lowest BCUT2D eigenvalue weighted by Gasteiger charge is -2.38. The van der Waals surface area contributed by atoms with Crippen LogP contribution in [0, 0.1) is 0 Å². The number of carbonyl (C=O) groups is 1. The highest BCUT2D eigenvalue weighted by Gasteiger charge is 2.38. The highest BCUT2D eigenvalue weighted by atomic mass is 35.5. The van der Waals surface area contributed by atoms with Crippen LogP contribution in [0.4, 0.5) is 19.0 Å². The zero-order chi connectivity index (χ0) is 15.2. The molecule has 0 saturated carbocycles. The van der Waals surface area contributed by atoms with Crippen LogP contribution in [0.15, 0.2) is 6.07 Å². The van der Waals surface area contributed by atoms with Gasteiger partial charge in [0.2, 0.25) is 11.2 Å². The van der Waals surface area contributed by atoms with Crippen molar-refractivity contribution in [2.45, 2.75) is 25.1 Å². The molecule has 1 unspecified atom stereocenters. The van der Waals surface area contributed by atoms with E-state index in [-0.39, 0.29) is 17.8 Å². The molecule has 1 aromatic heterocycles. The second-order valence-electron chi connectivity index (χ2n) is 5.10. The Morgan fingerprint density at radius 1 is 1.29 bits per heavy atom. The van der Waals surface area contributed by atoms with Gasteiger partial charge in [-0.2, -0.15) is 13.2 Å². The van der Waals surface area contributed by atoms with Crippen molar-refractivity contribution < 1.29 is 18.0 Å². The first-order chi connectivity index (χ1) is 9.84. The topological polar surface area (TPSA) is 49.3 Å². The van der Waals surface area contributed by atoms with Crippen molar-refractivity contribution in [3.63, 3.8) is 0 Å². The molecule has 3 heterocycles. The van der Waals surface area contributed by atoms with Crippen molar-refractivity contribution in [2.75, 3.05) is 24.5 Å². The molecule has 0 spiro atoms. The van der Waals surface area contributed by atoms with E-state index in [9.17, 15) is 18.0 Å². The number of nitrogens with zero attached hydrogens (tertiary/aromatic N) is 4. The molecular weight excluding hydrogens is 309 g/mol. The maximum Gasteiger partial charge on any atom is 0.433 e.